The monoisotopic (exact) mass is 353 g/mol. The van der Waals surface area contributed by atoms with Crippen LogP contribution in [0.25, 0.3) is 43.5 Å². The Morgan fingerprint density at radius 2 is 1.41 bits per heavy atom. The first kappa shape index (κ1) is 16.3. The van der Waals surface area contributed by atoms with Crippen molar-refractivity contribution in [3.05, 3.63) is 72.3 Å². The minimum absolute atomic E-state index is 0.909. The van der Waals surface area contributed by atoms with Crippen molar-refractivity contribution in [3.63, 3.8) is 0 Å². The standard InChI is InChI=1S/C25H23NO/c1-3-26(4-2)16-19-15-18-10-6-8-12-21(18)24-23-20-11-7-5-9-17(20)13-14-22(23)27-25(19)24/h5-15H,3-4,16H2,1-2H3. The topological polar surface area (TPSA) is 16.4 Å². The highest BCUT2D eigenvalue weighted by Crippen LogP contribution is 2.40. The Morgan fingerprint density at radius 1 is 0.741 bits per heavy atom. The summed E-state index contributed by atoms with van der Waals surface area (Å²) in [5, 5.41) is 7.56. The third-order valence-electron chi connectivity index (χ3n) is 5.72. The Balaban J connectivity index is 1.95. The summed E-state index contributed by atoms with van der Waals surface area (Å²) in [6.07, 6.45) is 0. The second-order valence-corrected chi connectivity index (χ2v) is 7.18. The quantitative estimate of drug-likeness (QED) is 0.356. The lowest BCUT2D eigenvalue weighted by Crippen LogP contribution is -2.22. The lowest BCUT2D eigenvalue weighted by Gasteiger charge is -2.18. The van der Waals surface area contributed by atoms with Crippen LogP contribution in [0.5, 0.6) is 0 Å². The molecule has 0 aliphatic carbocycles. The molecule has 2 nitrogen and oxygen atoms in total. The maximum absolute atomic E-state index is 6.46. The highest BCUT2D eigenvalue weighted by atomic mass is 16.3. The van der Waals surface area contributed by atoms with Gasteiger partial charge in [0.1, 0.15) is 11.2 Å². The third kappa shape index (κ3) is 2.52. The molecule has 0 N–H and O–H groups in total. The zero-order chi connectivity index (χ0) is 18.4. The van der Waals surface area contributed by atoms with Crippen molar-refractivity contribution in [2.24, 2.45) is 0 Å². The Bertz CT molecular complexity index is 1280. The molecule has 134 valence electrons. The molecule has 0 aliphatic heterocycles. The fourth-order valence-electron chi connectivity index (χ4n) is 4.26. The minimum atomic E-state index is 0.909. The SMILES string of the molecule is CCN(CC)Cc1cc2ccccc2c2c1oc1ccc3ccccc3c12. The van der Waals surface area contributed by atoms with Crippen LogP contribution >= 0.6 is 0 Å². The molecule has 4 aromatic carbocycles. The summed E-state index contributed by atoms with van der Waals surface area (Å²) in [7, 11) is 0. The molecule has 1 heterocycles. The van der Waals surface area contributed by atoms with Crippen molar-refractivity contribution in [1.29, 1.82) is 0 Å². The molecular formula is C25H23NO. The van der Waals surface area contributed by atoms with Gasteiger partial charge >= 0.3 is 0 Å². The first-order valence-electron chi connectivity index (χ1n) is 9.77. The van der Waals surface area contributed by atoms with Crippen molar-refractivity contribution in [2.45, 2.75) is 20.4 Å². The van der Waals surface area contributed by atoms with Gasteiger partial charge in [0, 0.05) is 22.9 Å². The Kier molecular flexibility index (Phi) is 3.87. The number of rotatable bonds is 4. The summed E-state index contributed by atoms with van der Waals surface area (Å²) >= 11 is 0. The Hall–Kier alpha value is -2.84. The zero-order valence-electron chi connectivity index (χ0n) is 15.8. The molecule has 0 atom stereocenters. The van der Waals surface area contributed by atoms with Crippen molar-refractivity contribution in [2.75, 3.05) is 13.1 Å². The van der Waals surface area contributed by atoms with E-state index in [0.29, 0.717) is 0 Å². The van der Waals surface area contributed by atoms with Gasteiger partial charge in [0.05, 0.1) is 0 Å². The number of nitrogens with zero attached hydrogens (tertiary/aromatic N) is 1. The second kappa shape index (κ2) is 6.40. The average Bonchev–Trinajstić information content (AvgIpc) is 3.12. The molecule has 5 rings (SSSR count). The van der Waals surface area contributed by atoms with E-state index in [-0.39, 0.29) is 0 Å². The largest absolute Gasteiger partial charge is 0.456 e. The first-order chi connectivity index (χ1) is 13.3. The minimum Gasteiger partial charge on any atom is -0.456 e. The van der Waals surface area contributed by atoms with E-state index in [9.17, 15) is 0 Å². The zero-order valence-corrected chi connectivity index (χ0v) is 15.8. The van der Waals surface area contributed by atoms with Gasteiger partial charge < -0.3 is 4.42 Å². The van der Waals surface area contributed by atoms with E-state index in [1.54, 1.807) is 0 Å². The normalized spacial score (nSPS) is 12.1. The van der Waals surface area contributed by atoms with Crippen LogP contribution in [0.4, 0.5) is 0 Å². The van der Waals surface area contributed by atoms with Gasteiger partial charge in [-0.2, -0.15) is 0 Å². The van der Waals surface area contributed by atoms with Gasteiger partial charge in [-0.15, -0.1) is 0 Å². The summed E-state index contributed by atoms with van der Waals surface area (Å²) in [4.78, 5) is 2.44. The van der Waals surface area contributed by atoms with Gasteiger partial charge in [-0.3, -0.25) is 4.90 Å². The van der Waals surface area contributed by atoms with Crippen LogP contribution in [0.2, 0.25) is 0 Å². The van der Waals surface area contributed by atoms with E-state index in [4.69, 9.17) is 4.42 Å². The lowest BCUT2D eigenvalue weighted by molar-refractivity contribution is 0.296. The Morgan fingerprint density at radius 3 is 2.15 bits per heavy atom. The fourth-order valence-corrected chi connectivity index (χ4v) is 4.26. The van der Waals surface area contributed by atoms with E-state index in [1.165, 1.54) is 37.9 Å². The predicted octanol–water partition coefficient (Wildman–Crippen LogP) is 6.73. The molecule has 0 aliphatic rings. The van der Waals surface area contributed by atoms with Crippen LogP contribution in [0.15, 0.2) is 71.1 Å². The van der Waals surface area contributed by atoms with Gasteiger partial charge in [0.25, 0.3) is 0 Å². The number of hydrogen-bond donors (Lipinski definition) is 0. The molecular weight excluding hydrogens is 330 g/mol. The van der Waals surface area contributed by atoms with Gasteiger partial charge in [0.15, 0.2) is 0 Å². The van der Waals surface area contributed by atoms with Crippen molar-refractivity contribution >= 4 is 43.5 Å². The lowest BCUT2D eigenvalue weighted by atomic mass is 9.97. The molecule has 5 aromatic rings. The van der Waals surface area contributed by atoms with Crippen LogP contribution in [-0.4, -0.2) is 18.0 Å². The van der Waals surface area contributed by atoms with Gasteiger partial charge in [-0.1, -0.05) is 68.4 Å². The number of benzene rings is 4. The summed E-state index contributed by atoms with van der Waals surface area (Å²) in [5.41, 5.74) is 3.28. The molecule has 0 unspecified atom stereocenters. The van der Waals surface area contributed by atoms with Gasteiger partial charge in [-0.25, -0.2) is 0 Å². The summed E-state index contributed by atoms with van der Waals surface area (Å²) < 4.78 is 6.46. The van der Waals surface area contributed by atoms with E-state index < -0.39 is 0 Å². The molecule has 0 fully saturated rings. The average molecular weight is 353 g/mol. The molecule has 0 bridgehead atoms. The fraction of sp³-hybridized carbons (Fsp3) is 0.200. The second-order valence-electron chi connectivity index (χ2n) is 7.18. The summed E-state index contributed by atoms with van der Waals surface area (Å²) in [6.45, 7) is 7.41. The smallest absolute Gasteiger partial charge is 0.140 e. The molecule has 0 saturated heterocycles. The van der Waals surface area contributed by atoms with Crippen molar-refractivity contribution in [3.8, 4) is 0 Å². The predicted molar refractivity (Wildman–Crippen MR) is 115 cm³/mol. The van der Waals surface area contributed by atoms with Gasteiger partial charge in [0.2, 0.25) is 0 Å². The van der Waals surface area contributed by atoms with Crippen molar-refractivity contribution in [1.82, 2.24) is 4.90 Å². The van der Waals surface area contributed by atoms with Crippen LogP contribution < -0.4 is 0 Å². The summed E-state index contributed by atoms with van der Waals surface area (Å²) in [6, 6.07) is 23.9. The molecule has 1 aromatic heterocycles. The molecule has 0 radical (unpaired) electrons. The first-order valence-corrected chi connectivity index (χ1v) is 9.77. The van der Waals surface area contributed by atoms with Crippen LogP contribution in [0.1, 0.15) is 19.4 Å². The number of fused-ring (bicyclic) bond motifs is 7. The van der Waals surface area contributed by atoms with Crippen LogP contribution in [-0.2, 0) is 6.54 Å². The van der Waals surface area contributed by atoms with Crippen LogP contribution in [0, 0.1) is 0 Å². The Labute approximate surface area is 159 Å². The maximum atomic E-state index is 6.46. The summed E-state index contributed by atoms with van der Waals surface area (Å²) in [5.74, 6) is 0. The van der Waals surface area contributed by atoms with E-state index in [1.807, 2.05) is 0 Å². The maximum Gasteiger partial charge on any atom is 0.140 e. The third-order valence-corrected chi connectivity index (χ3v) is 5.72. The number of hydrogen-bond acceptors (Lipinski definition) is 2. The molecule has 0 saturated carbocycles. The number of furan rings is 1. The highest BCUT2D eigenvalue weighted by molar-refractivity contribution is 6.26. The van der Waals surface area contributed by atoms with E-state index in [2.05, 4.69) is 85.5 Å². The van der Waals surface area contributed by atoms with Gasteiger partial charge in [-0.05, 0) is 46.8 Å². The molecule has 0 amide bonds. The molecule has 27 heavy (non-hydrogen) atoms. The van der Waals surface area contributed by atoms with Crippen LogP contribution in [0.3, 0.4) is 0 Å². The highest BCUT2D eigenvalue weighted by Gasteiger charge is 2.17. The van der Waals surface area contributed by atoms with E-state index in [0.717, 1.165) is 30.8 Å². The molecule has 2 heteroatoms. The van der Waals surface area contributed by atoms with Crippen molar-refractivity contribution < 1.29 is 4.42 Å². The van der Waals surface area contributed by atoms with E-state index >= 15 is 0 Å². The molecule has 0 spiro atoms.